The van der Waals surface area contributed by atoms with E-state index in [9.17, 15) is 14.4 Å². The quantitative estimate of drug-likeness (QED) is 0.580. The first-order valence-corrected chi connectivity index (χ1v) is 8.77. The van der Waals surface area contributed by atoms with Crippen molar-refractivity contribution in [3.8, 4) is 0 Å². The maximum absolute atomic E-state index is 12.7. The molecule has 0 unspecified atom stereocenters. The summed E-state index contributed by atoms with van der Waals surface area (Å²) in [6.45, 7) is 6.69. The second-order valence-corrected chi connectivity index (χ2v) is 7.33. The predicted octanol–water partition coefficient (Wildman–Crippen LogP) is 2.04. The van der Waals surface area contributed by atoms with Gasteiger partial charge in [-0.3, -0.25) is 14.5 Å². The molecule has 1 aliphatic carbocycles. The lowest BCUT2D eigenvalue weighted by atomic mass is 9.73. The number of nitrogens with zero attached hydrogens (tertiary/aromatic N) is 1. The lowest BCUT2D eigenvalue weighted by molar-refractivity contribution is -0.137. The Labute approximate surface area is 138 Å². The Morgan fingerprint density at radius 3 is 2.78 bits per heavy atom. The minimum absolute atomic E-state index is 0.117. The van der Waals surface area contributed by atoms with Crippen LogP contribution in [0.4, 0.5) is 4.79 Å². The van der Waals surface area contributed by atoms with Crippen LogP contribution in [0.5, 0.6) is 0 Å². The lowest BCUT2D eigenvalue weighted by Gasteiger charge is -2.36. The van der Waals surface area contributed by atoms with Gasteiger partial charge in [0.1, 0.15) is 12.1 Å². The molecule has 1 heterocycles. The van der Waals surface area contributed by atoms with Gasteiger partial charge in [0.05, 0.1) is 0 Å². The second-order valence-electron chi connectivity index (χ2n) is 7.33. The van der Waals surface area contributed by atoms with Crippen molar-refractivity contribution < 1.29 is 14.4 Å². The number of hydrogen-bond acceptors (Lipinski definition) is 3. The van der Waals surface area contributed by atoms with Crippen molar-refractivity contribution in [3.05, 3.63) is 0 Å². The molecule has 2 rings (SSSR count). The van der Waals surface area contributed by atoms with Crippen LogP contribution in [-0.4, -0.2) is 41.4 Å². The van der Waals surface area contributed by atoms with E-state index in [2.05, 4.69) is 24.5 Å². The summed E-state index contributed by atoms with van der Waals surface area (Å²) in [5.74, 6) is 0.224. The number of carbonyl (C=O) groups excluding carboxylic acids is 3. The highest BCUT2D eigenvalue weighted by atomic mass is 16.2. The molecule has 130 valence electrons. The van der Waals surface area contributed by atoms with E-state index < -0.39 is 11.6 Å². The van der Waals surface area contributed by atoms with E-state index in [1.165, 1.54) is 0 Å². The van der Waals surface area contributed by atoms with Crippen LogP contribution < -0.4 is 10.6 Å². The van der Waals surface area contributed by atoms with Gasteiger partial charge in [-0.2, -0.15) is 0 Å². The Kier molecular flexibility index (Phi) is 5.65. The van der Waals surface area contributed by atoms with Crippen molar-refractivity contribution in [1.82, 2.24) is 15.5 Å². The van der Waals surface area contributed by atoms with Crippen molar-refractivity contribution in [2.45, 2.75) is 64.8 Å². The largest absolute Gasteiger partial charge is 0.355 e. The number of amides is 4. The maximum atomic E-state index is 12.7. The first-order valence-electron chi connectivity index (χ1n) is 8.77. The van der Waals surface area contributed by atoms with Crippen molar-refractivity contribution >= 4 is 17.8 Å². The number of nitrogens with one attached hydrogen (secondary N) is 2. The fraction of sp³-hybridized carbons (Fsp3) is 0.824. The average Bonchev–Trinajstić information content (AvgIpc) is 2.72. The van der Waals surface area contributed by atoms with Crippen LogP contribution in [0.15, 0.2) is 0 Å². The van der Waals surface area contributed by atoms with E-state index in [1.807, 2.05) is 6.92 Å². The summed E-state index contributed by atoms with van der Waals surface area (Å²) in [5, 5.41) is 5.66. The van der Waals surface area contributed by atoms with Crippen LogP contribution in [0, 0.1) is 11.8 Å². The van der Waals surface area contributed by atoms with E-state index in [1.54, 1.807) is 0 Å². The van der Waals surface area contributed by atoms with Gasteiger partial charge in [0, 0.05) is 6.54 Å². The van der Waals surface area contributed by atoms with Crippen LogP contribution in [0.25, 0.3) is 0 Å². The molecular weight excluding hydrogens is 294 g/mol. The van der Waals surface area contributed by atoms with Crippen molar-refractivity contribution in [3.63, 3.8) is 0 Å². The van der Waals surface area contributed by atoms with Gasteiger partial charge in [-0.05, 0) is 37.5 Å². The zero-order valence-corrected chi connectivity index (χ0v) is 14.5. The monoisotopic (exact) mass is 323 g/mol. The molecule has 0 aromatic carbocycles. The Balaban J connectivity index is 1.89. The van der Waals surface area contributed by atoms with Crippen molar-refractivity contribution in [1.29, 1.82) is 0 Å². The molecule has 4 amide bonds. The third kappa shape index (κ3) is 3.85. The average molecular weight is 323 g/mol. The Morgan fingerprint density at radius 1 is 1.39 bits per heavy atom. The molecule has 1 saturated carbocycles. The Bertz CT molecular complexity index is 478. The van der Waals surface area contributed by atoms with Gasteiger partial charge in [-0.25, -0.2) is 4.79 Å². The minimum atomic E-state index is -0.784. The minimum Gasteiger partial charge on any atom is -0.355 e. The van der Waals surface area contributed by atoms with Crippen LogP contribution in [0.1, 0.15) is 59.3 Å². The van der Waals surface area contributed by atoms with Crippen LogP contribution in [0.2, 0.25) is 0 Å². The highest BCUT2D eigenvalue weighted by Crippen LogP contribution is 2.38. The summed E-state index contributed by atoms with van der Waals surface area (Å²) in [4.78, 5) is 38.0. The van der Waals surface area contributed by atoms with Crippen molar-refractivity contribution in [2.75, 3.05) is 13.1 Å². The summed E-state index contributed by atoms with van der Waals surface area (Å²) in [7, 11) is 0. The van der Waals surface area contributed by atoms with Gasteiger partial charge >= 0.3 is 6.03 Å². The Hall–Kier alpha value is -1.59. The normalized spacial score (nSPS) is 27.7. The molecule has 2 fully saturated rings. The second kappa shape index (κ2) is 7.32. The molecule has 0 radical (unpaired) electrons. The van der Waals surface area contributed by atoms with E-state index in [0.29, 0.717) is 18.9 Å². The summed E-state index contributed by atoms with van der Waals surface area (Å²) in [6, 6.07) is -0.430. The summed E-state index contributed by atoms with van der Waals surface area (Å²) < 4.78 is 0. The molecule has 6 nitrogen and oxygen atoms in total. The highest BCUT2D eigenvalue weighted by molar-refractivity contribution is 6.09. The molecule has 0 aromatic rings. The van der Waals surface area contributed by atoms with Crippen LogP contribution >= 0.6 is 0 Å². The Morgan fingerprint density at radius 2 is 2.13 bits per heavy atom. The lowest BCUT2D eigenvalue weighted by Crippen LogP contribution is -2.54. The molecule has 0 aromatic heterocycles. The maximum Gasteiger partial charge on any atom is 0.325 e. The van der Waals surface area contributed by atoms with Crippen molar-refractivity contribution in [2.24, 2.45) is 11.8 Å². The van der Waals surface area contributed by atoms with Gasteiger partial charge in [-0.1, -0.05) is 33.6 Å². The van der Waals surface area contributed by atoms with E-state index in [0.717, 1.165) is 37.0 Å². The van der Waals surface area contributed by atoms with Crippen LogP contribution in [0.3, 0.4) is 0 Å². The smallest absolute Gasteiger partial charge is 0.325 e. The molecule has 1 spiro atoms. The molecule has 1 saturated heterocycles. The number of imide groups is 1. The molecule has 2 atom stereocenters. The third-order valence-corrected chi connectivity index (χ3v) is 5.08. The summed E-state index contributed by atoms with van der Waals surface area (Å²) >= 11 is 0. The van der Waals surface area contributed by atoms with Gasteiger partial charge < -0.3 is 10.6 Å². The third-order valence-electron chi connectivity index (χ3n) is 5.08. The van der Waals surface area contributed by atoms with Gasteiger partial charge in [0.15, 0.2) is 0 Å². The molecule has 0 bridgehead atoms. The first-order chi connectivity index (χ1) is 10.9. The number of carbonyl (C=O) groups is 3. The van der Waals surface area contributed by atoms with Gasteiger partial charge in [-0.15, -0.1) is 0 Å². The van der Waals surface area contributed by atoms with E-state index in [4.69, 9.17) is 0 Å². The van der Waals surface area contributed by atoms with E-state index in [-0.39, 0.29) is 24.3 Å². The molecular formula is C17H29N3O3. The standard InChI is InChI=1S/C17H29N3O3/c1-12(2)7-6-10-18-14(21)11-20-15(22)17(19-16(20)23)9-5-4-8-13(17)3/h12-13H,4-11H2,1-3H3,(H,18,21)(H,19,23)/t13-,17+/m1/s1. The number of hydrogen-bond donors (Lipinski definition) is 2. The summed E-state index contributed by atoms with van der Waals surface area (Å²) in [6.07, 6.45) is 5.58. The zero-order chi connectivity index (χ0) is 17.0. The van der Waals surface area contributed by atoms with E-state index >= 15 is 0 Å². The highest BCUT2D eigenvalue weighted by Gasteiger charge is 2.55. The summed E-state index contributed by atoms with van der Waals surface area (Å²) in [5.41, 5.74) is -0.784. The molecule has 23 heavy (non-hydrogen) atoms. The number of urea groups is 1. The molecule has 6 heteroatoms. The SMILES string of the molecule is CC(C)CCCNC(=O)CN1C(=O)N[C@]2(CCCC[C@H]2C)C1=O. The molecule has 2 N–H and O–H groups in total. The topological polar surface area (TPSA) is 78.5 Å². The number of rotatable bonds is 6. The van der Waals surface area contributed by atoms with Gasteiger partial charge in [0.25, 0.3) is 5.91 Å². The predicted molar refractivity (Wildman–Crippen MR) is 87.7 cm³/mol. The fourth-order valence-corrected chi connectivity index (χ4v) is 3.58. The fourth-order valence-electron chi connectivity index (χ4n) is 3.58. The zero-order valence-electron chi connectivity index (χ0n) is 14.5. The van der Waals surface area contributed by atoms with Crippen LogP contribution in [-0.2, 0) is 9.59 Å². The first kappa shape index (κ1) is 17.8. The van der Waals surface area contributed by atoms with Gasteiger partial charge in [0.2, 0.25) is 5.91 Å². The molecule has 1 aliphatic heterocycles. The molecule has 2 aliphatic rings.